The number of Topliss-reactive ketones (excluding diaryl/α,β-unsaturated/α-hetero) is 1. The van der Waals surface area contributed by atoms with Crippen LogP contribution in [0.4, 0.5) is 0 Å². The van der Waals surface area contributed by atoms with Crippen molar-refractivity contribution < 1.29 is 14.7 Å². The zero-order valence-electron chi connectivity index (χ0n) is 6.62. The van der Waals surface area contributed by atoms with Crippen molar-refractivity contribution in [2.75, 3.05) is 0 Å². The van der Waals surface area contributed by atoms with Gasteiger partial charge in [0.05, 0.1) is 0 Å². The molecule has 64 valence electrons. The molecule has 0 atom stereocenters. The number of hydrogen-bond acceptors (Lipinski definition) is 2. The van der Waals surface area contributed by atoms with Gasteiger partial charge in [-0.1, -0.05) is 17.7 Å². The number of carbonyl (C=O) groups excluding carboxylic acids is 1. The van der Waals surface area contributed by atoms with Gasteiger partial charge in [0.1, 0.15) is 5.78 Å². The third-order valence-corrected chi connectivity index (χ3v) is 1.72. The molecule has 0 saturated carbocycles. The van der Waals surface area contributed by atoms with Crippen LogP contribution in [0.1, 0.15) is 19.3 Å². The highest BCUT2D eigenvalue weighted by molar-refractivity contribution is 5.83. The Kier molecular flexibility index (Phi) is 2.80. The van der Waals surface area contributed by atoms with Crippen LogP contribution < -0.4 is 0 Å². The molecule has 0 heterocycles. The number of hydrogen-bond donors (Lipinski definition) is 1. The fraction of sp³-hybridized carbons (Fsp3) is 0.333. The molecule has 1 aliphatic rings. The highest BCUT2D eigenvalue weighted by atomic mass is 16.4. The Bertz CT molecular complexity index is 258. The third kappa shape index (κ3) is 2.70. The van der Waals surface area contributed by atoms with Gasteiger partial charge in [-0.3, -0.25) is 4.79 Å². The topological polar surface area (TPSA) is 54.4 Å². The second kappa shape index (κ2) is 3.85. The lowest BCUT2D eigenvalue weighted by molar-refractivity contribution is -0.131. The summed E-state index contributed by atoms with van der Waals surface area (Å²) in [6.07, 6.45) is 6.08. The number of carbonyl (C=O) groups is 2. The van der Waals surface area contributed by atoms with Gasteiger partial charge in [0.2, 0.25) is 0 Å². The van der Waals surface area contributed by atoms with Crippen molar-refractivity contribution in [3.05, 3.63) is 23.8 Å². The van der Waals surface area contributed by atoms with Crippen LogP contribution in [-0.4, -0.2) is 16.9 Å². The average molecular weight is 166 g/mol. The summed E-state index contributed by atoms with van der Waals surface area (Å²) in [6, 6.07) is 0. The number of rotatable bonds is 2. The van der Waals surface area contributed by atoms with E-state index < -0.39 is 5.97 Å². The van der Waals surface area contributed by atoms with Crippen molar-refractivity contribution in [1.82, 2.24) is 0 Å². The molecular formula is C9H10O3. The van der Waals surface area contributed by atoms with Crippen molar-refractivity contribution in [3.8, 4) is 0 Å². The molecule has 0 amide bonds. The van der Waals surface area contributed by atoms with Crippen LogP contribution in [0.3, 0.4) is 0 Å². The Morgan fingerprint density at radius 2 is 2.25 bits per heavy atom. The molecule has 0 spiro atoms. The van der Waals surface area contributed by atoms with E-state index in [-0.39, 0.29) is 5.78 Å². The zero-order chi connectivity index (χ0) is 8.97. The molecule has 0 radical (unpaired) electrons. The highest BCUT2D eigenvalue weighted by Crippen LogP contribution is 2.15. The van der Waals surface area contributed by atoms with Gasteiger partial charge >= 0.3 is 5.97 Å². The van der Waals surface area contributed by atoms with Gasteiger partial charge < -0.3 is 5.11 Å². The maximum atomic E-state index is 10.8. The summed E-state index contributed by atoms with van der Waals surface area (Å²) in [5, 5.41) is 8.32. The lowest BCUT2D eigenvalue weighted by atomic mass is 9.98. The van der Waals surface area contributed by atoms with Gasteiger partial charge in [-0.05, 0) is 6.42 Å². The predicted molar refractivity (Wildman–Crippen MR) is 43.7 cm³/mol. The summed E-state index contributed by atoms with van der Waals surface area (Å²) in [5.74, 6) is -0.727. The average Bonchev–Trinajstić information content (AvgIpc) is 2.03. The molecule has 0 bridgehead atoms. The fourth-order valence-electron chi connectivity index (χ4n) is 1.06. The molecule has 0 aromatic rings. The molecule has 0 aliphatic heterocycles. The molecule has 3 heteroatoms. The highest BCUT2D eigenvalue weighted by Gasteiger charge is 2.07. The van der Waals surface area contributed by atoms with Gasteiger partial charge in [-0.2, -0.15) is 0 Å². The zero-order valence-corrected chi connectivity index (χ0v) is 6.62. The molecule has 0 aromatic carbocycles. The van der Waals surface area contributed by atoms with E-state index in [1.54, 1.807) is 12.2 Å². The van der Waals surface area contributed by atoms with E-state index in [0.717, 1.165) is 11.6 Å². The monoisotopic (exact) mass is 166 g/mol. The quantitative estimate of drug-likeness (QED) is 0.629. The normalized spacial score (nSPS) is 18.0. The number of allylic oxidation sites excluding steroid dienone is 3. The summed E-state index contributed by atoms with van der Waals surface area (Å²) in [5.41, 5.74) is 0.942. The molecule has 0 unspecified atom stereocenters. The van der Waals surface area contributed by atoms with E-state index >= 15 is 0 Å². The van der Waals surface area contributed by atoms with Gasteiger partial charge in [0, 0.05) is 18.9 Å². The van der Waals surface area contributed by atoms with Crippen LogP contribution in [0.5, 0.6) is 0 Å². The summed E-state index contributed by atoms with van der Waals surface area (Å²) in [4.78, 5) is 20.9. The summed E-state index contributed by atoms with van der Waals surface area (Å²) < 4.78 is 0. The van der Waals surface area contributed by atoms with Gasteiger partial charge in [-0.25, -0.2) is 4.79 Å². The summed E-state index contributed by atoms with van der Waals surface area (Å²) in [6.45, 7) is 0. The second-order valence-electron chi connectivity index (χ2n) is 2.69. The van der Waals surface area contributed by atoms with E-state index in [4.69, 9.17) is 5.11 Å². The van der Waals surface area contributed by atoms with Crippen molar-refractivity contribution in [2.45, 2.75) is 19.3 Å². The second-order valence-corrected chi connectivity index (χ2v) is 2.69. The molecule has 3 nitrogen and oxygen atoms in total. The number of ketones is 1. The molecule has 1 N–H and O–H groups in total. The Morgan fingerprint density at radius 3 is 2.75 bits per heavy atom. The molecular weight excluding hydrogens is 156 g/mol. The first kappa shape index (κ1) is 8.71. The maximum Gasteiger partial charge on any atom is 0.328 e. The van der Waals surface area contributed by atoms with Crippen LogP contribution in [0, 0.1) is 0 Å². The van der Waals surface area contributed by atoms with Crippen LogP contribution in [0.15, 0.2) is 23.8 Å². The molecule has 1 rings (SSSR count). The Balaban J connectivity index is 2.54. The molecule has 0 aromatic heterocycles. The first-order chi connectivity index (χ1) is 5.68. The Morgan fingerprint density at radius 1 is 1.50 bits per heavy atom. The van der Waals surface area contributed by atoms with Crippen LogP contribution >= 0.6 is 0 Å². The van der Waals surface area contributed by atoms with E-state index in [0.29, 0.717) is 19.3 Å². The van der Waals surface area contributed by atoms with Crippen LogP contribution in [-0.2, 0) is 9.59 Å². The standard InChI is InChI=1S/C9H10O3/c10-8-4-1-7(2-5-8)3-6-9(11)12/h1,3,6H,2,4-5H2,(H,11,12)/b6-3+. The van der Waals surface area contributed by atoms with E-state index in [1.807, 2.05) is 0 Å². The SMILES string of the molecule is O=C(O)/C=C/C1=CCC(=O)CC1. The molecule has 12 heavy (non-hydrogen) atoms. The Hall–Kier alpha value is -1.38. The third-order valence-electron chi connectivity index (χ3n) is 1.72. The Labute approximate surface area is 70.4 Å². The molecule has 0 saturated heterocycles. The lowest BCUT2D eigenvalue weighted by Gasteiger charge is -2.06. The van der Waals surface area contributed by atoms with Gasteiger partial charge in [0.25, 0.3) is 0 Å². The molecule has 0 fully saturated rings. The van der Waals surface area contributed by atoms with Crippen LogP contribution in [0.25, 0.3) is 0 Å². The minimum absolute atomic E-state index is 0.225. The van der Waals surface area contributed by atoms with E-state index in [2.05, 4.69) is 0 Å². The largest absolute Gasteiger partial charge is 0.478 e. The van der Waals surface area contributed by atoms with Crippen LogP contribution in [0.2, 0.25) is 0 Å². The number of aliphatic carboxylic acids is 1. The summed E-state index contributed by atoms with van der Waals surface area (Å²) in [7, 11) is 0. The van der Waals surface area contributed by atoms with E-state index in [1.165, 1.54) is 0 Å². The predicted octanol–water partition coefficient (Wildman–Crippen LogP) is 1.31. The smallest absolute Gasteiger partial charge is 0.328 e. The van der Waals surface area contributed by atoms with Crippen molar-refractivity contribution >= 4 is 11.8 Å². The lowest BCUT2D eigenvalue weighted by Crippen LogP contribution is -2.02. The van der Waals surface area contributed by atoms with E-state index in [9.17, 15) is 9.59 Å². The minimum Gasteiger partial charge on any atom is -0.478 e. The van der Waals surface area contributed by atoms with Gasteiger partial charge in [-0.15, -0.1) is 0 Å². The summed E-state index contributed by atoms with van der Waals surface area (Å²) >= 11 is 0. The maximum absolute atomic E-state index is 10.8. The van der Waals surface area contributed by atoms with Crippen molar-refractivity contribution in [1.29, 1.82) is 0 Å². The molecule has 1 aliphatic carbocycles. The van der Waals surface area contributed by atoms with Crippen molar-refractivity contribution in [2.24, 2.45) is 0 Å². The van der Waals surface area contributed by atoms with Gasteiger partial charge in [0.15, 0.2) is 0 Å². The van der Waals surface area contributed by atoms with Crippen molar-refractivity contribution in [3.63, 3.8) is 0 Å². The first-order valence-corrected chi connectivity index (χ1v) is 3.80. The first-order valence-electron chi connectivity index (χ1n) is 3.80. The number of carboxylic acids is 1. The minimum atomic E-state index is -0.951. The number of carboxylic acid groups (broad SMARTS) is 1. The fourth-order valence-corrected chi connectivity index (χ4v) is 1.06.